The van der Waals surface area contributed by atoms with Gasteiger partial charge in [-0.15, -0.1) is 12.4 Å². The fraction of sp³-hybridized carbons (Fsp3) is 0.588. The van der Waals surface area contributed by atoms with Crippen molar-refractivity contribution < 1.29 is 14.3 Å². The fourth-order valence-electron chi connectivity index (χ4n) is 2.90. The SMILES string of the molecule is CCOc1cc(CNC(=O)C2CCCC(N)C2)ccc1OC.Cl. The number of benzene rings is 1. The third kappa shape index (κ3) is 5.59. The Balaban J connectivity index is 0.00000264. The van der Waals surface area contributed by atoms with Gasteiger partial charge in [0.2, 0.25) is 5.91 Å². The summed E-state index contributed by atoms with van der Waals surface area (Å²) in [5, 5.41) is 3.01. The van der Waals surface area contributed by atoms with Gasteiger partial charge in [0.25, 0.3) is 0 Å². The van der Waals surface area contributed by atoms with Crippen LogP contribution in [0.3, 0.4) is 0 Å². The van der Waals surface area contributed by atoms with Crippen LogP contribution in [0.15, 0.2) is 18.2 Å². The zero-order valence-electron chi connectivity index (χ0n) is 13.8. The van der Waals surface area contributed by atoms with E-state index in [1.165, 1.54) is 0 Å². The van der Waals surface area contributed by atoms with Crippen LogP contribution >= 0.6 is 12.4 Å². The number of carbonyl (C=O) groups excluding carboxylic acids is 1. The second-order valence-corrected chi connectivity index (χ2v) is 5.76. The number of ether oxygens (including phenoxy) is 2. The molecule has 0 heterocycles. The number of rotatable bonds is 6. The minimum absolute atomic E-state index is 0. The Bertz CT molecular complexity index is 511. The highest BCUT2D eigenvalue weighted by molar-refractivity contribution is 5.85. The van der Waals surface area contributed by atoms with Gasteiger partial charge in [0, 0.05) is 18.5 Å². The van der Waals surface area contributed by atoms with Crippen LogP contribution in [-0.2, 0) is 11.3 Å². The van der Waals surface area contributed by atoms with Crippen molar-refractivity contribution in [3.63, 3.8) is 0 Å². The van der Waals surface area contributed by atoms with Crippen molar-refractivity contribution in [2.45, 2.75) is 45.2 Å². The first-order chi connectivity index (χ1) is 10.6. The first-order valence-electron chi connectivity index (χ1n) is 7.97. The van der Waals surface area contributed by atoms with Gasteiger partial charge in [-0.3, -0.25) is 4.79 Å². The molecule has 130 valence electrons. The van der Waals surface area contributed by atoms with Crippen molar-refractivity contribution in [1.82, 2.24) is 5.32 Å². The number of amides is 1. The molecule has 0 aromatic heterocycles. The van der Waals surface area contributed by atoms with E-state index in [1.54, 1.807) is 7.11 Å². The Morgan fingerprint density at radius 1 is 1.35 bits per heavy atom. The molecular weight excluding hydrogens is 316 g/mol. The molecule has 0 aliphatic heterocycles. The summed E-state index contributed by atoms with van der Waals surface area (Å²) >= 11 is 0. The second-order valence-electron chi connectivity index (χ2n) is 5.76. The van der Waals surface area contributed by atoms with Crippen LogP contribution < -0.4 is 20.5 Å². The summed E-state index contributed by atoms with van der Waals surface area (Å²) in [5.41, 5.74) is 6.94. The minimum Gasteiger partial charge on any atom is -0.493 e. The third-order valence-corrected chi connectivity index (χ3v) is 4.08. The molecule has 23 heavy (non-hydrogen) atoms. The Morgan fingerprint density at radius 3 is 2.78 bits per heavy atom. The lowest BCUT2D eigenvalue weighted by atomic mass is 9.85. The number of carbonyl (C=O) groups is 1. The molecule has 1 amide bonds. The van der Waals surface area contributed by atoms with Crippen LogP contribution in [0.4, 0.5) is 0 Å². The summed E-state index contributed by atoms with van der Waals surface area (Å²) in [6.45, 7) is 3.00. The van der Waals surface area contributed by atoms with E-state index in [1.807, 2.05) is 25.1 Å². The van der Waals surface area contributed by atoms with Crippen LogP contribution in [0.2, 0.25) is 0 Å². The molecule has 2 atom stereocenters. The summed E-state index contributed by atoms with van der Waals surface area (Å²) in [4.78, 5) is 12.2. The summed E-state index contributed by atoms with van der Waals surface area (Å²) in [7, 11) is 1.62. The maximum absolute atomic E-state index is 12.2. The average Bonchev–Trinajstić information content (AvgIpc) is 2.53. The van der Waals surface area contributed by atoms with Gasteiger partial charge in [-0.25, -0.2) is 0 Å². The molecule has 1 fully saturated rings. The largest absolute Gasteiger partial charge is 0.493 e. The number of halogens is 1. The van der Waals surface area contributed by atoms with E-state index in [4.69, 9.17) is 15.2 Å². The van der Waals surface area contributed by atoms with Crippen LogP contribution in [0.5, 0.6) is 11.5 Å². The highest BCUT2D eigenvalue weighted by atomic mass is 35.5. The van der Waals surface area contributed by atoms with E-state index in [-0.39, 0.29) is 30.3 Å². The molecule has 5 nitrogen and oxygen atoms in total. The number of hydrogen-bond acceptors (Lipinski definition) is 4. The number of methoxy groups -OCH3 is 1. The van der Waals surface area contributed by atoms with Crippen molar-refractivity contribution in [3.8, 4) is 11.5 Å². The van der Waals surface area contributed by atoms with Gasteiger partial charge in [-0.2, -0.15) is 0 Å². The monoisotopic (exact) mass is 342 g/mol. The molecule has 0 radical (unpaired) electrons. The van der Waals surface area contributed by atoms with Gasteiger partial charge in [0.15, 0.2) is 11.5 Å². The number of nitrogens with one attached hydrogen (secondary N) is 1. The smallest absolute Gasteiger partial charge is 0.223 e. The van der Waals surface area contributed by atoms with Crippen molar-refractivity contribution in [2.24, 2.45) is 11.7 Å². The third-order valence-electron chi connectivity index (χ3n) is 4.08. The summed E-state index contributed by atoms with van der Waals surface area (Å²) < 4.78 is 10.8. The highest BCUT2D eigenvalue weighted by Gasteiger charge is 2.25. The van der Waals surface area contributed by atoms with Crippen molar-refractivity contribution in [1.29, 1.82) is 0 Å². The first-order valence-corrected chi connectivity index (χ1v) is 7.97. The van der Waals surface area contributed by atoms with E-state index < -0.39 is 0 Å². The normalized spacial score (nSPS) is 20.3. The van der Waals surface area contributed by atoms with Gasteiger partial charge < -0.3 is 20.5 Å². The topological polar surface area (TPSA) is 73.6 Å². The maximum atomic E-state index is 12.2. The van der Waals surface area contributed by atoms with E-state index >= 15 is 0 Å². The minimum atomic E-state index is 0. The molecule has 1 aliphatic carbocycles. The van der Waals surface area contributed by atoms with Crippen LogP contribution in [0, 0.1) is 5.92 Å². The Labute approximate surface area is 144 Å². The predicted octanol–water partition coefficient (Wildman–Crippen LogP) is 2.65. The molecular formula is C17H27ClN2O3. The molecule has 1 saturated carbocycles. The van der Waals surface area contributed by atoms with E-state index in [9.17, 15) is 4.79 Å². The van der Waals surface area contributed by atoms with E-state index in [2.05, 4.69) is 5.32 Å². The van der Waals surface area contributed by atoms with Crippen molar-refractivity contribution >= 4 is 18.3 Å². The van der Waals surface area contributed by atoms with Crippen LogP contribution in [0.1, 0.15) is 38.2 Å². The lowest BCUT2D eigenvalue weighted by Crippen LogP contribution is -2.37. The second kappa shape index (κ2) is 9.63. The molecule has 0 bridgehead atoms. The summed E-state index contributed by atoms with van der Waals surface area (Å²) in [6.07, 6.45) is 3.79. The van der Waals surface area contributed by atoms with Crippen LogP contribution in [0.25, 0.3) is 0 Å². The van der Waals surface area contributed by atoms with Crippen molar-refractivity contribution in [2.75, 3.05) is 13.7 Å². The first kappa shape index (κ1) is 19.6. The molecule has 1 aromatic carbocycles. The average molecular weight is 343 g/mol. The molecule has 0 saturated heterocycles. The molecule has 1 aromatic rings. The maximum Gasteiger partial charge on any atom is 0.223 e. The molecule has 1 aliphatic rings. The van der Waals surface area contributed by atoms with Gasteiger partial charge in [0.1, 0.15) is 0 Å². The molecule has 0 spiro atoms. The lowest BCUT2D eigenvalue weighted by Gasteiger charge is -2.25. The molecule has 2 unspecified atom stereocenters. The highest BCUT2D eigenvalue weighted by Crippen LogP contribution is 2.28. The lowest BCUT2D eigenvalue weighted by molar-refractivity contribution is -0.126. The molecule has 6 heteroatoms. The van der Waals surface area contributed by atoms with Crippen LogP contribution in [-0.4, -0.2) is 25.7 Å². The van der Waals surface area contributed by atoms with Crippen molar-refractivity contribution in [3.05, 3.63) is 23.8 Å². The number of hydrogen-bond donors (Lipinski definition) is 2. The Kier molecular flexibility index (Phi) is 8.20. The van der Waals surface area contributed by atoms with E-state index in [0.29, 0.717) is 24.7 Å². The fourth-order valence-corrected chi connectivity index (χ4v) is 2.90. The zero-order chi connectivity index (χ0) is 15.9. The standard InChI is InChI=1S/C17H26N2O3.ClH/c1-3-22-16-9-12(7-8-15(16)21-2)11-19-17(20)13-5-4-6-14(18)10-13;/h7-9,13-14H,3-6,10-11,18H2,1-2H3,(H,19,20);1H. The molecule has 2 rings (SSSR count). The van der Waals surface area contributed by atoms with Gasteiger partial charge in [-0.1, -0.05) is 12.5 Å². The van der Waals surface area contributed by atoms with E-state index in [0.717, 1.165) is 31.2 Å². The quantitative estimate of drug-likeness (QED) is 0.833. The summed E-state index contributed by atoms with van der Waals surface area (Å²) in [6, 6.07) is 5.88. The van der Waals surface area contributed by atoms with Gasteiger partial charge >= 0.3 is 0 Å². The zero-order valence-corrected chi connectivity index (χ0v) is 14.7. The Morgan fingerprint density at radius 2 is 2.13 bits per heavy atom. The van der Waals surface area contributed by atoms with Gasteiger partial charge in [-0.05, 0) is 43.9 Å². The predicted molar refractivity (Wildman–Crippen MR) is 93.2 cm³/mol. The number of nitrogens with two attached hydrogens (primary N) is 1. The van der Waals surface area contributed by atoms with Gasteiger partial charge in [0.05, 0.1) is 13.7 Å². The summed E-state index contributed by atoms with van der Waals surface area (Å²) in [5.74, 6) is 1.56. The Hall–Kier alpha value is -1.46. The molecule has 3 N–H and O–H groups in total.